The van der Waals surface area contributed by atoms with Crippen LogP contribution in [0.2, 0.25) is 5.02 Å². The number of aliphatic hydroxyl groups excluding tert-OH is 1. The van der Waals surface area contributed by atoms with Gasteiger partial charge in [-0.15, -0.1) is 0 Å². The van der Waals surface area contributed by atoms with Gasteiger partial charge in [0, 0.05) is 5.02 Å². The molecule has 1 heterocycles. The lowest BCUT2D eigenvalue weighted by Crippen LogP contribution is -1.97. The fourth-order valence-corrected chi connectivity index (χ4v) is 2.18. The summed E-state index contributed by atoms with van der Waals surface area (Å²) in [5.74, 6) is 0. The summed E-state index contributed by atoms with van der Waals surface area (Å²) in [7, 11) is 0. The first kappa shape index (κ1) is 9.71. The van der Waals surface area contributed by atoms with Crippen molar-refractivity contribution in [3.8, 4) is 0 Å². The van der Waals surface area contributed by atoms with Crippen molar-refractivity contribution < 1.29 is 5.11 Å². The molecule has 2 aromatic rings. The lowest BCUT2D eigenvalue weighted by Gasteiger charge is -2.08. The van der Waals surface area contributed by atoms with E-state index in [1.54, 1.807) is 23.5 Å². The van der Waals surface area contributed by atoms with Crippen molar-refractivity contribution in [3.05, 3.63) is 57.2 Å². The zero-order chi connectivity index (χ0) is 9.97. The molecule has 0 bridgehead atoms. The van der Waals surface area contributed by atoms with Crippen LogP contribution in [0.4, 0.5) is 0 Å². The molecule has 0 saturated carbocycles. The molecule has 0 radical (unpaired) electrons. The summed E-state index contributed by atoms with van der Waals surface area (Å²) in [6.45, 7) is 0. The van der Waals surface area contributed by atoms with E-state index in [9.17, 15) is 5.11 Å². The lowest BCUT2D eigenvalue weighted by molar-refractivity contribution is 0.221. The van der Waals surface area contributed by atoms with Gasteiger partial charge in [-0.3, -0.25) is 0 Å². The quantitative estimate of drug-likeness (QED) is 0.828. The highest BCUT2D eigenvalue weighted by Gasteiger charge is 2.10. The molecule has 1 N–H and O–H groups in total. The average Bonchev–Trinajstić information content (AvgIpc) is 2.69. The first-order valence-corrected chi connectivity index (χ1v) is 5.55. The number of thiophene rings is 1. The van der Waals surface area contributed by atoms with Gasteiger partial charge in [0.2, 0.25) is 0 Å². The molecule has 0 spiro atoms. The SMILES string of the molecule is O[C@@H](c1ccsc1)c1cccc(Cl)c1. The maximum atomic E-state index is 9.95. The van der Waals surface area contributed by atoms with E-state index in [0.717, 1.165) is 11.1 Å². The van der Waals surface area contributed by atoms with Crippen LogP contribution in [0.15, 0.2) is 41.1 Å². The minimum absolute atomic E-state index is 0.569. The molecule has 1 atom stereocenters. The van der Waals surface area contributed by atoms with Gasteiger partial charge in [-0.05, 0) is 40.1 Å². The average molecular weight is 225 g/mol. The van der Waals surface area contributed by atoms with Crippen LogP contribution >= 0.6 is 22.9 Å². The Bertz CT molecular complexity index is 411. The van der Waals surface area contributed by atoms with Crippen LogP contribution in [-0.4, -0.2) is 5.11 Å². The summed E-state index contributed by atoms with van der Waals surface area (Å²) >= 11 is 7.42. The van der Waals surface area contributed by atoms with Crippen LogP contribution in [0.5, 0.6) is 0 Å². The van der Waals surface area contributed by atoms with Gasteiger partial charge in [-0.25, -0.2) is 0 Å². The largest absolute Gasteiger partial charge is 0.384 e. The van der Waals surface area contributed by atoms with E-state index >= 15 is 0 Å². The summed E-state index contributed by atoms with van der Waals surface area (Å²) in [6, 6.07) is 9.20. The Hall–Kier alpha value is -0.830. The number of hydrogen-bond acceptors (Lipinski definition) is 2. The topological polar surface area (TPSA) is 20.2 Å². The first-order valence-electron chi connectivity index (χ1n) is 4.23. The van der Waals surface area contributed by atoms with Crippen molar-refractivity contribution in [2.75, 3.05) is 0 Å². The monoisotopic (exact) mass is 224 g/mol. The molecule has 1 nitrogen and oxygen atoms in total. The van der Waals surface area contributed by atoms with E-state index < -0.39 is 6.10 Å². The minimum atomic E-state index is -0.569. The maximum Gasteiger partial charge on any atom is 0.105 e. The molecular formula is C11H9ClOS. The normalized spacial score (nSPS) is 12.7. The molecule has 72 valence electrons. The van der Waals surface area contributed by atoms with Crippen LogP contribution in [0.3, 0.4) is 0 Å². The highest BCUT2D eigenvalue weighted by molar-refractivity contribution is 7.07. The predicted octanol–water partition coefficient (Wildman–Crippen LogP) is 3.48. The van der Waals surface area contributed by atoms with Gasteiger partial charge in [-0.2, -0.15) is 11.3 Å². The third kappa shape index (κ3) is 1.98. The third-order valence-corrected chi connectivity index (χ3v) is 2.96. The van der Waals surface area contributed by atoms with E-state index in [1.807, 2.05) is 29.0 Å². The Morgan fingerprint density at radius 3 is 2.71 bits per heavy atom. The second-order valence-corrected chi connectivity index (χ2v) is 4.23. The molecule has 0 fully saturated rings. The van der Waals surface area contributed by atoms with E-state index in [-0.39, 0.29) is 0 Å². The molecule has 14 heavy (non-hydrogen) atoms. The van der Waals surface area contributed by atoms with Gasteiger partial charge < -0.3 is 5.11 Å². The molecule has 3 heteroatoms. The Labute approximate surface area is 91.6 Å². The zero-order valence-corrected chi connectivity index (χ0v) is 8.92. The summed E-state index contributed by atoms with van der Waals surface area (Å²) in [6.07, 6.45) is -0.569. The smallest absolute Gasteiger partial charge is 0.105 e. The molecule has 1 aromatic carbocycles. The Balaban J connectivity index is 2.32. The van der Waals surface area contributed by atoms with Crippen LogP contribution < -0.4 is 0 Å². The number of benzene rings is 1. The summed E-state index contributed by atoms with van der Waals surface area (Å²) in [4.78, 5) is 0. The van der Waals surface area contributed by atoms with Gasteiger partial charge in [-0.1, -0.05) is 23.7 Å². The molecule has 0 aliphatic carbocycles. The molecule has 0 unspecified atom stereocenters. The standard InChI is InChI=1S/C11H9ClOS/c12-10-3-1-2-8(6-10)11(13)9-4-5-14-7-9/h1-7,11,13H/t11-/m1/s1. The Kier molecular flexibility index (Phi) is 2.87. The lowest BCUT2D eigenvalue weighted by atomic mass is 10.0. The summed E-state index contributed by atoms with van der Waals surface area (Å²) < 4.78 is 0. The molecule has 0 aliphatic rings. The van der Waals surface area contributed by atoms with Crippen molar-refractivity contribution in [2.24, 2.45) is 0 Å². The molecule has 1 aromatic heterocycles. The fraction of sp³-hybridized carbons (Fsp3) is 0.0909. The molecule has 2 rings (SSSR count). The zero-order valence-electron chi connectivity index (χ0n) is 7.35. The van der Waals surface area contributed by atoms with Crippen LogP contribution in [-0.2, 0) is 0 Å². The second kappa shape index (κ2) is 4.13. The highest BCUT2D eigenvalue weighted by Crippen LogP contribution is 2.25. The van der Waals surface area contributed by atoms with Gasteiger partial charge >= 0.3 is 0 Å². The summed E-state index contributed by atoms with van der Waals surface area (Å²) in [5.41, 5.74) is 1.74. The molecule has 0 aliphatic heterocycles. The Morgan fingerprint density at radius 2 is 2.07 bits per heavy atom. The number of rotatable bonds is 2. The third-order valence-electron chi connectivity index (χ3n) is 2.02. The fourth-order valence-electron chi connectivity index (χ4n) is 1.30. The minimum Gasteiger partial charge on any atom is -0.384 e. The van der Waals surface area contributed by atoms with Gasteiger partial charge in [0.1, 0.15) is 6.10 Å². The van der Waals surface area contributed by atoms with E-state index in [4.69, 9.17) is 11.6 Å². The highest BCUT2D eigenvalue weighted by atomic mass is 35.5. The van der Waals surface area contributed by atoms with Gasteiger partial charge in [0.15, 0.2) is 0 Å². The molecular weight excluding hydrogens is 216 g/mol. The van der Waals surface area contributed by atoms with Crippen LogP contribution in [0, 0.1) is 0 Å². The maximum absolute atomic E-state index is 9.95. The number of hydrogen-bond donors (Lipinski definition) is 1. The van der Waals surface area contributed by atoms with Crippen molar-refractivity contribution >= 4 is 22.9 Å². The van der Waals surface area contributed by atoms with E-state index in [1.165, 1.54) is 0 Å². The summed E-state index contributed by atoms with van der Waals surface area (Å²) in [5, 5.41) is 14.5. The Morgan fingerprint density at radius 1 is 1.21 bits per heavy atom. The van der Waals surface area contributed by atoms with Gasteiger partial charge in [0.25, 0.3) is 0 Å². The molecule has 0 amide bonds. The van der Waals surface area contributed by atoms with Crippen molar-refractivity contribution in [3.63, 3.8) is 0 Å². The van der Waals surface area contributed by atoms with E-state index in [2.05, 4.69) is 0 Å². The second-order valence-electron chi connectivity index (χ2n) is 3.01. The van der Waals surface area contributed by atoms with E-state index in [0.29, 0.717) is 5.02 Å². The number of aliphatic hydroxyl groups is 1. The van der Waals surface area contributed by atoms with Crippen LogP contribution in [0.25, 0.3) is 0 Å². The number of halogens is 1. The van der Waals surface area contributed by atoms with Crippen molar-refractivity contribution in [1.82, 2.24) is 0 Å². The van der Waals surface area contributed by atoms with Gasteiger partial charge in [0.05, 0.1) is 0 Å². The van der Waals surface area contributed by atoms with Crippen molar-refractivity contribution in [1.29, 1.82) is 0 Å². The van der Waals surface area contributed by atoms with Crippen LogP contribution in [0.1, 0.15) is 17.2 Å². The predicted molar refractivity (Wildman–Crippen MR) is 59.8 cm³/mol. The molecule has 0 saturated heterocycles. The first-order chi connectivity index (χ1) is 6.77. The van der Waals surface area contributed by atoms with Crippen molar-refractivity contribution in [2.45, 2.75) is 6.10 Å².